The highest BCUT2D eigenvalue weighted by molar-refractivity contribution is 5.31. The van der Waals surface area contributed by atoms with Gasteiger partial charge in [0.05, 0.1) is 18.2 Å². The summed E-state index contributed by atoms with van der Waals surface area (Å²) in [5, 5.41) is 3.41. The molecule has 0 amide bonds. The second-order valence-corrected chi connectivity index (χ2v) is 5.25. The lowest BCUT2D eigenvalue weighted by molar-refractivity contribution is 0.0333. The van der Waals surface area contributed by atoms with Gasteiger partial charge in [-0.05, 0) is 46.2 Å². The summed E-state index contributed by atoms with van der Waals surface area (Å²) in [7, 11) is 2.02. The third-order valence-corrected chi connectivity index (χ3v) is 3.55. The van der Waals surface area contributed by atoms with Gasteiger partial charge in [0.1, 0.15) is 0 Å². The van der Waals surface area contributed by atoms with Crippen molar-refractivity contribution in [1.82, 2.24) is 5.32 Å². The summed E-state index contributed by atoms with van der Waals surface area (Å²) >= 11 is 0. The van der Waals surface area contributed by atoms with Crippen LogP contribution >= 0.6 is 0 Å². The standard InChI is InChI=1S/C15H23NO/c1-10-7-11(2)9-13(8-10)15(16-4)14-6-5-12(3)17-14/h7-9,12,14-16H,5-6H2,1-4H3. The number of nitrogens with one attached hydrogen (secondary N) is 1. The molecule has 1 aliphatic heterocycles. The van der Waals surface area contributed by atoms with E-state index in [4.69, 9.17) is 4.74 Å². The number of aryl methyl sites for hydroxylation is 2. The van der Waals surface area contributed by atoms with Crippen molar-refractivity contribution < 1.29 is 4.74 Å². The predicted molar refractivity (Wildman–Crippen MR) is 71.3 cm³/mol. The summed E-state index contributed by atoms with van der Waals surface area (Å²) in [6.07, 6.45) is 3.05. The van der Waals surface area contributed by atoms with Crippen LogP contribution in [-0.4, -0.2) is 19.3 Å². The van der Waals surface area contributed by atoms with Crippen LogP contribution in [-0.2, 0) is 4.74 Å². The Balaban J connectivity index is 2.22. The number of hydrogen-bond acceptors (Lipinski definition) is 2. The van der Waals surface area contributed by atoms with Gasteiger partial charge >= 0.3 is 0 Å². The summed E-state index contributed by atoms with van der Waals surface area (Å²) in [6, 6.07) is 7.06. The Hall–Kier alpha value is -0.860. The van der Waals surface area contributed by atoms with Crippen LogP contribution in [0.5, 0.6) is 0 Å². The highest BCUT2D eigenvalue weighted by atomic mass is 16.5. The topological polar surface area (TPSA) is 21.3 Å². The summed E-state index contributed by atoms with van der Waals surface area (Å²) in [5.41, 5.74) is 4.00. The Morgan fingerprint density at radius 1 is 1.18 bits per heavy atom. The van der Waals surface area contributed by atoms with E-state index in [1.165, 1.54) is 23.1 Å². The van der Waals surface area contributed by atoms with Crippen LogP contribution in [0.4, 0.5) is 0 Å². The van der Waals surface area contributed by atoms with Gasteiger partial charge in [0.2, 0.25) is 0 Å². The lowest BCUT2D eigenvalue weighted by Gasteiger charge is -2.24. The van der Waals surface area contributed by atoms with E-state index >= 15 is 0 Å². The van der Waals surface area contributed by atoms with Crippen molar-refractivity contribution >= 4 is 0 Å². The molecule has 2 heteroatoms. The smallest absolute Gasteiger partial charge is 0.0774 e. The number of benzene rings is 1. The molecule has 0 radical (unpaired) electrons. The van der Waals surface area contributed by atoms with Crippen molar-refractivity contribution in [1.29, 1.82) is 0 Å². The third-order valence-electron chi connectivity index (χ3n) is 3.55. The van der Waals surface area contributed by atoms with E-state index < -0.39 is 0 Å². The van der Waals surface area contributed by atoms with Gasteiger partial charge in [-0.25, -0.2) is 0 Å². The minimum atomic E-state index is 0.316. The number of ether oxygens (including phenoxy) is 1. The first-order valence-electron chi connectivity index (χ1n) is 6.51. The van der Waals surface area contributed by atoms with Crippen LogP contribution in [0.3, 0.4) is 0 Å². The Morgan fingerprint density at radius 3 is 2.29 bits per heavy atom. The van der Waals surface area contributed by atoms with Gasteiger partial charge < -0.3 is 10.1 Å². The van der Waals surface area contributed by atoms with E-state index in [0.717, 1.165) is 6.42 Å². The van der Waals surface area contributed by atoms with Gasteiger partial charge in [-0.15, -0.1) is 0 Å². The monoisotopic (exact) mass is 233 g/mol. The zero-order chi connectivity index (χ0) is 12.4. The molecule has 0 bridgehead atoms. The SMILES string of the molecule is CNC(c1cc(C)cc(C)c1)C1CCC(C)O1. The molecule has 3 unspecified atom stereocenters. The first kappa shape index (κ1) is 12.6. The molecule has 0 saturated carbocycles. The number of likely N-dealkylation sites (N-methyl/N-ethyl adjacent to an activating group) is 1. The van der Waals surface area contributed by atoms with E-state index in [1.807, 2.05) is 7.05 Å². The first-order valence-corrected chi connectivity index (χ1v) is 6.51. The van der Waals surface area contributed by atoms with E-state index in [9.17, 15) is 0 Å². The van der Waals surface area contributed by atoms with Crippen LogP contribution in [0, 0.1) is 13.8 Å². The van der Waals surface area contributed by atoms with Crippen molar-refractivity contribution in [2.75, 3.05) is 7.05 Å². The lowest BCUT2D eigenvalue weighted by Crippen LogP contribution is -2.29. The van der Waals surface area contributed by atoms with Crippen LogP contribution < -0.4 is 5.32 Å². The fraction of sp³-hybridized carbons (Fsp3) is 0.600. The number of rotatable bonds is 3. The van der Waals surface area contributed by atoms with Crippen molar-refractivity contribution in [2.24, 2.45) is 0 Å². The Kier molecular flexibility index (Phi) is 3.85. The highest BCUT2D eigenvalue weighted by Gasteiger charge is 2.29. The van der Waals surface area contributed by atoms with Crippen LogP contribution in [0.1, 0.15) is 42.5 Å². The van der Waals surface area contributed by atoms with E-state index in [-0.39, 0.29) is 0 Å². The fourth-order valence-electron chi connectivity index (χ4n) is 2.84. The van der Waals surface area contributed by atoms with E-state index in [2.05, 4.69) is 44.3 Å². The van der Waals surface area contributed by atoms with Crippen LogP contribution in [0.15, 0.2) is 18.2 Å². The summed E-state index contributed by atoms with van der Waals surface area (Å²) in [4.78, 5) is 0. The molecule has 1 heterocycles. The molecule has 1 aromatic carbocycles. The van der Waals surface area contributed by atoms with E-state index in [0.29, 0.717) is 18.2 Å². The molecule has 2 nitrogen and oxygen atoms in total. The summed E-state index contributed by atoms with van der Waals surface area (Å²) < 4.78 is 5.99. The molecule has 1 saturated heterocycles. The molecule has 94 valence electrons. The molecule has 1 aliphatic rings. The Labute approximate surface area is 104 Å². The van der Waals surface area contributed by atoms with Gasteiger partial charge in [-0.3, -0.25) is 0 Å². The maximum absolute atomic E-state index is 5.99. The van der Waals surface area contributed by atoms with Crippen LogP contribution in [0.2, 0.25) is 0 Å². The molecule has 17 heavy (non-hydrogen) atoms. The lowest BCUT2D eigenvalue weighted by atomic mass is 9.96. The van der Waals surface area contributed by atoms with Crippen molar-refractivity contribution in [3.63, 3.8) is 0 Å². The first-order chi connectivity index (χ1) is 8.10. The number of hydrogen-bond donors (Lipinski definition) is 1. The Bertz CT molecular complexity index is 368. The molecular formula is C15H23NO. The van der Waals surface area contributed by atoms with Gasteiger partial charge in [-0.2, -0.15) is 0 Å². The maximum Gasteiger partial charge on any atom is 0.0774 e. The zero-order valence-electron chi connectivity index (χ0n) is 11.3. The maximum atomic E-state index is 5.99. The molecule has 1 aromatic rings. The normalized spacial score (nSPS) is 26.1. The Morgan fingerprint density at radius 2 is 1.82 bits per heavy atom. The van der Waals surface area contributed by atoms with Gasteiger partial charge in [0.15, 0.2) is 0 Å². The molecule has 1 fully saturated rings. The molecule has 1 N–H and O–H groups in total. The second-order valence-electron chi connectivity index (χ2n) is 5.25. The molecule has 0 aromatic heterocycles. The third kappa shape index (κ3) is 2.88. The summed E-state index contributed by atoms with van der Waals surface area (Å²) in [6.45, 7) is 6.47. The van der Waals surface area contributed by atoms with Gasteiger partial charge in [0.25, 0.3) is 0 Å². The quantitative estimate of drug-likeness (QED) is 0.866. The van der Waals surface area contributed by atoms with Gasteiger partial charge in [0, 0.05) is 0 Å². The minimum Gasteiger partial charge on any atom is -0.373 e. The molecule has 0 spiro atoms. The largest absolute Gasteiger partial charge is 0.373 e. The summed E-state index contributed by atoms with van der Waals surface area (Å²) in [5.74, 6) is 0. The molecular weight excluding hydrogens is 210 g/mol. The van der Waals surface area contributed by atoms with Crippen molar-refractivity contribution in [2.45, 2.75) is 51.9 Å². The van der Waals surface area contributed by atoms with Crippen LogP contribution in [0.25, 0.3) is 0 Å². The van der Waals surface area contributed by atoms with Gasteiger partial charge in [-0.1, -0.05) is 29.3 Å². The zero-order valence-corrected chi connectivity index (χ0v) is 11.3. The highest BCUT2D eigenvalue weighted by Crippen LogP contribution is 2.30. The average molecular weight is 233 g/mol. The minimum absolute atomic E-state index is 0.316. The molecule has 0 aliphatic carbocycles. The second kappa shape index (κ2) is 5.19. The van der Waals surface area contributed by atoms with E-state index in [1.54, 1.807) is 0 Å². The molecule has 2 rings (SSSR count). The van der Waals surface area contributed by atoms with Crippen molar-refractivity contribution in [3.8, 4) is 0 Å². The predicted octanol–water partition coefficient (Wildman–Crippen LogP) is 3.13. The van der Waals surface area contributed by atoms with Crippen molar-refractivity contribution in [3.05, 3.63) is 34.9 Å². The fourth-order valence-corrected chi connectivity index (χ4v) is 2.84. The molecule has 3 atom stereocenters. The average Bonchev–Trinajstić information content (AvgIpc) is 2.64.